The topological polar surface area (TPSA) is 78.0 Å². The van der Waals surface area contributed by atoms with Crippen LogP contribution in [0.1, 0.15) is 20.3 Å². The van der Waals surface area contributed by atoms with Crippen molar-refractivity contribution < 1.29 is 9.90 Å². The van der Waals surface area contributed by atoms with Crippen LogP contribution >= 0.6 is 0 Å². The molecule has 0 bridgehead atoms. The van der Waals surface area contributed by atoms with Crippen LogP contribution in [0.25, 0.3) is 0 Å². The zero-order chi connectivity index (χ0) is 10.6. The Morgan fingerprint density at radius 2 is 2.50 bits per heavy atom. The van der Waals surface area contributed by atoms with Crippen LogP contribution in [-0.2, 0) is 4.79 Å². The molecule has 1 aromatic heterocycles. The van der Waals surface area contributed by atoms with E-state index < -0.39 is 6.10 Å². The van der Waals surface area contributed by atoms with E-state index in [-0.39, 0.29) is 11.8 Å². The molecule has 1 amide bonds. The summed E-state index contributed by atoms with van der Waals surface area (Å²) in [4.78, 5) is 11.4. The summed E-state index contributed by atoms with van der Waals surface area (Å²) < 4.78 is 0. The zero-order valence-corrected chi connectivity index (χ0v) is 8.32. The highest BCUT2D eigenvalue weighted by Crippen LogP contribution is 2.10. The van der Waals surface area contributed by atoms with E-state index in [9.17, 15) is 9.90 Å². The van der Waals surface area contributed by atoms with Gasteiger partial charge < -0.3 is 10.4 Å². The van der Waals surface area contributed by atoms with Gasteiger partial charge in [-0.1, -0.05) is 20.3 Å². The van der Waals surface area contributed by atoms with Gasteiger partial charge in [0.15, 0.2) is 0 Å². The number of aromatic nitrogens is 2. The monoisotopic (exact) mass is 197 g/mol. The van der Waals surface area contributed by atoms with Crippen molar-refractivity contribution in [3.63, 3.8) is 0 Å². The molecule has 0 saturated carbocycles. The van der Waals surface area contributed by atoms with Gasteiger partial charge >= 0.3 is 0 Å². The quantitative estimate of drug-likeness (QED) is 0.666. The van der Waals surface area contributed by atoms with Crippen molar-refractivity contribution in [2.75, 3.05) is 5.32 Å². The summed E-state index contributed by atoms with van der Waals surface area (Å²) in [6.07, 6.45) is 2.84. The van der Waals surface area contributed by atoms with E-state index in [4.69, 9.17) is 0 Å². The number of rotatable bonds is 4. The van der Waals surface area contributed by atoms with Crippen LogP contribution in [-0.4, -0.2) is 27.3 Å². The van der Waals surface area contributed by atoms with Crippen LogP contribution in [0.2, 0.25) is 0 Å². The van der Waals surface area contributed by atoms with E-state index in [2.05, 4.69) is 15.5 Å². The number of aliphatic hydroxyl groups excluding tert-OH is 1. The van der Waals surface area contributed by atoms with Gasteiger partial charge in [0, 0.05) is 6.20 Å². The van der Waals surface area contributed by atoms with E-state index >= 15 is 0 Å². The Balaban J connectivity index is 2.50. The normalized spacial score (nSPS) is 14.8. The van der Waals surface area contributed by atoms with E-state index in [1.54, 1.807) is 6.20 Å². The van der Waals surface area contributed by atoms with Crippen LogP contribution in [0.4, 0.5) is 5.69 Å². The molecule has 0 aromatic carbocycles. The number of nitrogens with zero attached hydrogens (tertiary/aromatic N) is 1. The number of aromatic amines is 1. The number of carbonyl (C=O) groups excluding carboxylic acids is 1. The maximum atomic E-state index is 11.4. The third-order valence-corrected chi connectivity index (χ3v) is 2.22. The summed E-state index contributed by atoms with van der Waals surface area (Å²) >= 11 is 0. The number of carbonyl (C=O) groups is 1. The minimum Gasteiger partial charge on any atom is -0.383 e. The number of nitrogens with one attached hydrogen (secondary N) is 2. The summed E-state index contributed by atoms with van der Waals surface area (Å²) in [6.45, 7) is 3.76. The lowest BCUT2D eigenvalue weighted by molar-refractivity contribution is -0.126. The second-order valence-electron chi connectivity index (χ2n) is 3.31. The highest BCUT2D eigenvalue weighted by molar-refractivity contribution is 5.93. The van der Waals surface area contributed by atoms with Crippen molar-refractivity contribution in [1.29, 1.82) is 0 Å². The van der Waals surface area contributed by atoms with Crippen LogP contribution < -0.4 is 5.32 Å². The Labute approximate surface area is 82.5 Å². The van der Waals surface area contributed by atoms with Crippen molar-refractivity contribution >= 4 is 11.6 Å². The lowest BCUT2D eigenvalue weighted by Gasteiger charge is -2.15. The zero-order valence-electron chi connectivity index (χ0n) is 8.32. The van der Waals surface area contributed by atoms with Gasteiger partial charge in [-0.3, -0.25) is 9.89 Å². The number of amides is 1. The van der Waals surface area contributed by atoms with Crippen molar-refractivity contribution in [2.24, 2.45) is 5.92 Å². The van der Waals surface area contributed by atoms with E-state index in [1.165, 1.54) is 6.20 Å². The molecule has 0 fully saturated rings. The number of aliphatic hydroxyl groups is 1. The van der Waals surface area contributed by atoms with Crippen LogP contribution in [0, 0.1) is 5.92 Å². The van der Waals surface area contributed by atoms with Gasteiger partial charge in [-0.25, -0.2) is 0 Å². The summed E-state index contributed by atoms with van der Waals surface area (Å²) in [5, 5.41) is 18.3. The van der Waals surface area contributed by atoms with Crippen molar-refractivity contribution in [1.82, 2.24) is 10.2 Å². The smallest absolute Gasteiger partial charge is 0.253 e. The lowest BCUT2D eigenvalue weighted by Crippen LogP contribution is -2.32. The van der Waals surface area contributed by atoms with Gasteiger partial charge in [-0.2, -0.15) is 5.10 Å². The molecule has 1 heterocycles. The first kappa shape index (κ1) is 10.7. The van der Waals surface area contributed by atoms with E-state index in [0.717, 1.165) is 6.42 Å². The molecule has 0 unspecified atom stereocenters. The molecule has 0 aliphatic heterocycles. The number of hydrogen-bond acceptors (Lipinski definition) is 3. The van der Waals surface area contributed by atoms with Gasteiger partial charge in [0.1, 0.15) is 6.10 Å². The minimum atomic E-state index is -0.963. The molecule has 0 spiro atoms. The first-order valence-electron chi connectivity index (χ1n) is 4.62. The fraction of sp³-hybridized carbons (Fsp3) is 0.556. The molecule has 3 N–H and O–H groups in total. The molecule has 5 nitrogen and oxygen atoms in total. The average molecular weight is 197 g/mol. The van der Waals surface area contributed by atoms with E-state index in [0.29, 0.717) is 5.69 Å². The standard InChI is InChI=1S/C9H15N3O2/c1-3-6(2)8(13)9(14)12-7-4-10-11-5-7/h4-6,8,13H,3H2,1-2H3,(H,10,11)(H,12,14)/t6-,8-/m0/s1. The summed E-state index contributed by atoms with van der Waals surface area (Å²) in [5.41, 5.74) is 0.567. The fourth-order valence-electron chi connectivity index (χ4n) is 1.02. The van der Waals surface area contributed by atoms with Crippen LogP contribution in [0.15, 0.2) is 12.4 Å². The van der Waals surface area contributed by atoms with Crippen molar-refractivity contribution in [3.8, 4) is 0 Å². The molecule has 2 atom stereocenters. The van der Waals surface area contributed by atoms with Crippen molar-refractivity contribution in [2.45, 2.75) is 26.4 Å². The fourth-order valence-corrected chi connectivity index (χ4v) is 1.02. The predicted molar refractivity (Wildman–Crippen MR) is 52.7 cm³/mol. The third kappa shape index (κ3) is 2.56. The highest BCUT2D eigenvalue weighted by Gasteiger charge is 2.20. The van der Waals surface area contributed by atoms with Gasteiger partial charge in [-0.15, -0.1) is 0 Å². The molecule has 14 heavy (non-hydrogen) atoms. The van der Waals surface area contributed by atoms with E-state index in [1.807, 2.05) is 13.8 Å². The Morgan fingerprint density at radius 3 is 3.00 bits per heavy atom. The Morgan fingerprint density at radius 1 is 1.79 bits per heavy atom. The Bertz CT molecular complexity index is 284. The number of hydrogen-bond donors (Lipinski definition) is 3. The summed E-state index contributed by atoms with van der Waals surface area (Å²) in [5.74, 6) is -0.428. The van der Waals surface area contributed by atoms with Gasteiger partial charge in [0.05, 0.1) is 11.9 Å². The minimum absolute atomic E-state index is 0.0399. The largest absolute Gasteiger partial charge is 0.383 e. The maximum Gasteiger partial charge on any atom is 0.253 e. The highest BCUT2D eigenvalue weighted by atomic mass is 16.3. The maximum absolute atomic E-state index is 11.4. The molecule has 0 saturated heterocycles. The molecule has 1 rings (SSSR count). The Hall–Kier alpha value is -1.36. The molecular formula is C9H15N3O2. The van der Waals surface area contributed by atoms with Gasteiger partial charge in [0.25, 0.3) is 5.91 Å². The molecule has 1 aromatic rings. The summed E-state index contributed by atoms with van der Waals surface area (Å²) in [6, 6.07) is 0. The lowest BCUT2D eigenvalue weighted by atomic mass is 10.0. The molecule has 0 aliphatic carbocycles. The second-order valence-corrected chi connectivity index (χ2v) is 3.31. The van der Waals surface area contributed by atoms with Gasteiger partial charge in [-0.05, 0) is 5.92 Å². The molecular weight excluding hydrogens is 182 g/mol. The SMILES string of the molecule is CC[C@H](C)[C@H](O)C(=O)Nc1cn[nH]c1. The number of anilines is 1. The molecule has 78 valence electrons. The average Bonchev–Trinajstić information content (AvgIpc) is 2.68. The molecule has 0 aliphatic rings. The Kier molecular flexibility index (Phi) is 3.64. The van der Waals surface area contributed by atoms with Crippen molar-refractivity contribution in [3.05, 3.63) is 12.4 Å². The van der Waals surface area contributed by atoms with Crippen LogP contribution in [0.3, 0.4) is 0 Å². The first-order valence-corrected chi connectivity index (χ1v) is 4.62. The summed E-state index contributed by atoms with van der Waals surface area (Å²) in [7, 11) is 0. The number of H-pyrrole nitrogens is 1. The predicted octanol–water partition coefficient (Wildman–Crippen LogP) is 0.755. The third-order valence-electron chi connectivity index (χ3n) is 2.22. The first-order chi connectivity index (χ1) is 6.65. The molecule has 5 heteroatoms. The molecule has 0 radical (unpaired) electrons. The van der Waals surface area contributed by atoms with Gasteiger partial charge in [0.2, 0.25) is 0 Å². The van der Waals surface area contributed by atoms with Crippen LogP contribution in [0.5, 0.6) is 0 Å². The second kappa shape index (κ2) is 4.76.